The molecule has 2 heteroatoms. The summed E-state index contributed by atoms with van der Waals surface area (Å²) in [7, 11) is 0. The molecule has 1 aromatic carbocycles. The van der Waals surface area contributed by atoms with Gasteiger partial charge in [0.05, 0.1) is 0 Å². The summed E-state index contributed by atoms with van der Waals surface area (Å²) in [5, 5.41) is 8.25. The second-order valence-electron chi connectivity index (χ2n) is 1.94. The van der Waals surface area contributed by atoms with E-state index in [0.29, 0.717) is 5.69 Å². The molecule has 0 aromatic heterocycles. The molecule has 0 fully saturated rings. The first-order chi connectivity index (χ1) is 4.33. The van der Waals surface area contributed by atoms with Crippen LogP contribution < -0.4 is 0 Å². The number of hydrogen-bond donors (Lipinski definition) is 0. The van der Waals surface area contributed by atoms with Gasteiger partial charge in [0, 0.05) is 12.1 Å². The summed E-state index contributed by atoms with van der Waals surface area (Å²) >= 11 is 0. The minimum atomic E-state index is 0.598. The van der Waals surface area contributed by atoms with Gasteiger partial charge in [-0.25, -0.2) is 0 Å². The molecule has 44 valence electrons. The average Bonchev–Trinajstić information content (AvgIpc) is 1.90. The zero-order valence-corrected chi connectivity index (χ0v) is 5.20. The van der Waals surface area contributed by atoms with Crippen LogP contribution in [0.25, 0.3) is 4.98 Å². The van der Waals surface area contributed by atoms with Gasteiger partial charge in [-0.05, 0) is 6.92 Å². The van der Waals surface area contributed by atoms with Crippen molar-refractivity contribution in [2.45, 2.75) is 6.92 Å². The fourth-order valence-corrected chi connectivity index (χ4v) is 0.611. The van der Waals surface area contributed by atoms with Gasteiger partial charge in [-0.3, -0.25) is 0 Å². The lowest BCUT2D eigenvalue weighted by Gasteiger charge is -1.81. The second kappa shape index (κ2) is 2.27. The second-order valence-corrected chi connectivity index (χ2v) is 1.94. The van der Waals surface area contributed by atoms with Crippen molar-refractivity contribution >= 4 is 5.69 Å². The summed E-state index contributed by atoms with van der Waals surface area (Å²) in [6.45, 7) is 1.99. The van der Waals surface area contributed by atoms with Gasteiger partial charge in [0.1, 0.15) is 0 Å². The third-order valence-corrected chi connectivity index (χ3v) is 1.15. The summed E-state index contributed by atoms with van der Waals surface area (Å²) in [4.78, 5) is 3.01. The van der Waals surface area contributed by atoms with Crippen LogP contribution in [-0.2, 0) is 0 Å². The van der Waals surface area contributed by atoms with E-state index in [2.05, 4.69) is 4.98 Å². The smallest absolute Gasteiger partial charge is 0.0513 e. The van der Waals surface area contributed by atoms with E-state index in [1.807, 2.05) is 19.1 Å². The lowest BCUT2D eigenvalue weighted by atomic mass is 10.2. The molecule has 1 aromatic rings. The summed E-state index contributed by atoms with van der Waals surface area (Å²) < 4.78 is 0. The normalized spacial score (nSPS) is 8.44. The van der Waals surface area contributed by atoms with E-state index in [4.69, 9.17) is 5.39 Å². The van der Waals surface area contributed by atoms with Gasteiger partial charge in [0.25, 0.3) is 0 Å². The van der Waals surface area contributed by atoms with Crippen LogP contribution >= 0.6 is 0 Å². The minimum absolute atomic E-state index is 0.598. The number of hydrogen-bond acceptors (Lipinski definition) is 1. The summed E-state index contributed by atoms with van der Waals surface area (Å²) in [5.41, 5.74) is 1.77. The quantitative estimate of drug-likeness (QED) is 0.482. The molecule has 0 heterocycles. The van der Waals surface area contributed by atoms with E-state index in [9.17, 15) is 0 Å². The van der Waals surface area contributed by atoms with Crippen molar-refractivity contribution in [1.29, 1.82) is 5.39 Å². The van der Waals surface area contributed by atoms with E-state index >= 15 is 0 Å². The highest BCUT2D eigenvalue weighted by Gasteiger charge is 1.98. The average molecular weight is 119 g/mol. The number of diazo groups is 1. The molecule has 0 radical (unpaired) electrons. The molecule has 0 saturated heterocycles. The van der Waals surface area contributed by atoms with Crippen molar-refractivity contribution in [3.63, 3.8) is 0 Å². The fourth-order valence-electron chi connectivity index (χ4n) is 0.611. The van der Waals surface area contributed by atoms with E-state index in [0.717, 1.165) is 0 Å². The molecular formula is C7H7N2+. The first-order valence-corrected chi connectivity index (χ1v) is 2.74. The highest BCUT2D eigenvalue weighted by Crippen LogP contribution is 2.10. The molecule has 0 aliphatic rings. The van der Waals surface area contributed by atoms with Gasteiger partial charge in [-0.1, -0.05) is 17.7 Å². The first-order valence-electron chi connectivity index (χ1n) is 2.74. The number of nitrogens with zero attached hydrogens (tertiary/aromatic N) is 2. The van der Waals surface area contributed by atoms with Crippen LogP contribution in [0.5, 0.6) is 0 Å². The molecule has 0 N–H and O–H groups in total. The van der Waals surface area contributed by atoms with E-state index in [1.165, 1.54) is 5.56 Å². The number of aryl methyl sites for hydroxylation is 1. The predicted molar refractivity (Wildman–Crippen MR) is 35.9 cm³/mol. The Morgan fingerprint density at radius 1 is 1.22 bits per heavy atom. The van der Waals surface area contributed by atoms with Crippen molar-refractivity contribution in [2.24, 2.45) is 0 Å². The monoisotopic (exact) mass is 119 g/mol. The Bertz CT molecular complexity index is 230. The van der Waals surface area contributed by atoms with Gasteiger partial charge in [-0.2, -0.15) is 0 Å². The summed E-state index contributed by atoms with van der Waals surface area (Å²) in [6, 6.07) is 7.31. The molecule has 9 heavy (non-hydrogen) atoms. The van der Waals surface area contributed by atoms with Crippen molar-refractivity contribution in [3.05, 3.63) is 34.8 Å². The predicted octanol–water partition coefficient (Wildman–Crippen LogP) is 2.48. The Kier molecular flexibility index (Phi) is 1.46. The first kappa shape index (κ1) is 5.77. The maximum absolute atomic E-state index is 8.25. The molecule has 0 spiro atoms. The zero-order valence-electron chi connectivity index (χ0n) is 5.20. The molecule has 0 atom stereocenters. The van der Waals surface area contributed by atoms with Gasteiger partial charge >= 0.3 is 5.69 Å². The molecule has 2 nitrogen and oxygen atoms in total. The number of rotatable bonds is 0. The third kappa shape index (κ3) is 1.26. The van der Waals surface area contributed by atoms with Gasteiger partial charge in [-0.15, -0.1) is 0 Å². The minimum Gasteiger partial charge on any atom is -0.0513 e. The van der Waals surface area contributed by atoms with Crippen molar-refractivity contribution < 1.29 is 0 Å². The zero-order chi connectivity index (χ0) is 6.69. The standard InChI is InChI=1S/C7H7N2/c1-6-2-4-7(9-8)5-3-6/h2-5H,1H3/q+1. The lowest BCUT2D eigenvalue weighted by molar-refractivity contribution is 1.43. The van der Waals surface area contributed by atoms with Crippen LogP contribution in [0.3, 0.4) is 0 Å². The lowest BCUT2D eigenvalue weighted by Crippen LogP contribution is -1.65. The molecule has 0 bridgehead atoms. The topological polar surface area (TPSA) is 28.1 Å². The van der Waals surface area contributed by atoms with Crippen LogP contribution in [0.2, 0.25) is 0 Å². The molecule has 0 amide bonds. The van der Waals surface area contributed by atoms with Crippen LogP contribution in [-0.4, -0.2) is 0 Å². The molecule has 0 aliphatic heterocycles. The van der Waals surface area contributed by atoms with Crippen LogP contribution in [0.4, 0.5) is 5.69 Å². The van der Waals surface area contributed by atoms with E-state index in [-0.39, 0.29) is 0 Å². The van der Waals surface area contributed by atoms with Crippen LogP contribution in [0.1, 0.15) is 5.56 Å². The van der Waals surface area contributed by atoms with Crippen molar-refractivity contribution in [2.75, 3.05) is 0 Å². The SMILES string of the molecule is Cc1ccc([N+]#N)cc1. The molecule has 0 saturated carbocycles. The van der Waals surface area contributed by atoms with Gasteiger partial charge in [0.2, 0.25) is 5.39 Å². The maximum Gasteiger partial charge on any atom is 0.385 e. The molecule has 1 rings (SSSR count). The maximum atomic E-state index is 8.25. The third-order valence-electron chi connectivity index (χ3n) is 1.15. The Hall–Kier alpha value is -1.36. The Balaban J connectivity index is 3.06. The summed E-state index contributed by atoms with van der Waals surface area (Å²) in [5.74, 6) is 0. The highest BCUT2D eigenvalue weighted by molar-refractivity contribution is 5.44. The summed E-state index contributed by atoms with van der Waals surface area (Å²) in [6.07, 6.45) is 0. The van der Waals surface area contributed by atoms with E-state index in [1.54, 1.807) is 12.1 Å². The van der Waals surface area contributed by atoms with E-state index < -0.39 is 0 Å². The Morgan fingerprint density at radius 2 is 1.78 bits per heavy atom. The van der Waals surface area contributed by atoms with Crippen molar-refractivity contribution in [1.82, 2.24) is 0 Å². The molecule has 0 aliphatic carbocycles. The highest BCUT2D eigenvalue weighted by atomic mass is 14.8. The molecule has 0 unspecified atom stereocenters. The van der Waals surface area contributed by atoms with Crippen molar-refractivity contribution in [3.8, 4) is 0 Å². The van der Waals surface area contributed by atoms with Crippen LogP contribution in [0, 0.1) is 12.3 Å². The Morgan fingerprint density at radius 3 is 2.22 bits per heavy atom. The Labute approximate surface area is 53.8 Å². The largest absolute Gasteiger partial charge is 0.385 e. The van der Waals surface area contributed by atoms with Crippen LogP contribution in [0.15, 0.2) is 24.3 Å². The van der Waals surface area contributed by atoms with Gasteiger partial charge in [0.15, 0.2) is 4.98 Å². The fraction of sp³-hybridized carbons (Fsp3) is 0.143. The number of benzene rings is 1. The van der Waals surface area contributed by atoms with Gasteiger partial charge < -0.3 is 0 Å². The molecular weight excluding hydrogens is 112 g/mol.